The molecular weight excluding hydrogens is 797 g/mol. The van der Waals surface area contributed by atoms with Crippen LogP contribution >= 0.6 is 0 Å². The maximum atomic E-state index is 15.6. The highest BCUT2D eigenvalue weighted by Gasteiger charge is 2.58. The number of hydrogen-bond donors (Lipinski definition) is 1. The Bertz CT molecular complexity index is 2290. The molecule has 3 aliphatic heterocycles. The van der Waals surface area contributed by atoms with Crippen molar-refractivity contribution in [3.05, 3.63) is 132 Å². The lowest BCUT2D eigenvalue weighted by Gasteiger charge is -2.37. The van der Waals surface area contributed by atoms with Gasteiger partial charge in [0.15, 0.2) is 6.29 Å². The molecule has 3 aliphatic rings. The van der Waals surface area contributed by atoms with Gasteiger partial charge in [-0.25, -0.2) is 28.1 Å². The van der Waals surface area contributed by atoms with Crippen molar-refractivity contribution < 1.29 is 37.7 Å². The molecule has 0 radical (unpaired) electrons. The largest absolute Gasteiger partial charge is 0.488 e. The van der Waals surface area contributed by atoms with Crippen LogP contribution in [0.15, 0.2) is 110 Å². The molecule has 3 fully saturated rings. The maximum Gasteiger partial charge on any atom is 0.334 e. The molecule has 2 unspecified atom stereocenters. The average molecular weight is 850 g/mol. The van der Waals surface area contributed by atoms with Gasteiger partial charge in [0.1, 0.15) is 48.4 Å². The van der Waals surface area contributed by atoms with Crippen LogP contribution in [-0.2, 0) is 26.4 Å². The second-order valence-corrected chi connectivity index (χ2v) is 16.4. The third-order valence-corrected chi connectivity index (χ3v) is 12.0. The van der Waals surface area contributed by atoms with Crippen molar-refractivity contribution >= 4 is 29.0 Å². The van der Waals surface area contributed by atoms with Crippen molar-refractivity contribution in [1.29, 1.82) is 0 Å². The number of carbonyl (C=O) groups is 2. The first kappa shape index (κ1) is 42.8. The number of urea groups is 1. The van der Waals surface area contributed by atoms with Gasteiger partial charge in [0, 0.05) is 61.6 Å². The Hall–Kier alpha value is -5.90. The van der Waals surface area contributed by atoms with Crippen LogP contribution in [0.4, 0.5) is 30.6 Å². The molecule has 326 valence electrons. The summed E-state index contributed by atoms with van der Waals surface area (Å²) in [5.41, 5.74) is 0.0323. The van der Waals surface area contributed by atoms with Gasteiger partial charge in [0.2, 0.25) is 5.72 Å². The van der Waals surface area contributed by atoms with Crippen molar-refractivity contribution in [2.24, 2.45) is 0 Å². The van der Waals surface area contributed by atoms with E-state index in [0.29, 0.717) is 17.9 Å². The van der Waals surface area contributed by atoms with Crippen LogP contribution in [0.5, 0.6) is 5.75 Å². The van der Waals surface area contributed by atoms with Gasteiger partial charge < -0.3 is 29.1 Å². The van der Waals surface area contributed by atoms with E-state index in [2.05, 4.69) is 26.8 Å². The number of imide groups is 1. The number of amides is 3. The van der Waals surface area contributed by atoms with E-state index < -0.39 is 47.3 Å². The number of hydrogen-bond acceptors (Lipinski definition) is 10. The summed E-state index contributed by atoms with van der Waals surface area (Å²) in [6, 6.07) is 27.1. The number of ether oxygens (including phenoxy) is 3. The first-order valence-corrected chi connectivity index (χ1v) is 21.4. The molecule has 1 aromatic heterocycles. The highest BCUT2D eigenvalue weighted by molar-refractivity contribution is 6.22. The van der Waals surface area contributed by atoms with E-state index in [0.717, 1.165) is 73.3 Å². The van der Waals surface area contributed by atoms with Crippen LogP contribution in [0.25, 0.3) is 0 Å². The SMILES string of the molecule is CCCCCCC1(O)C(=O)N(c2ccc(N3CCN(c4ccc(OC[C@H]5OC(c6ccccc6)[C@](Cn6cncn6)(c6ccc(F)cc6F)O5)cc4)CC3)cc2)C(=O)N1C(C)C. The Balaban J connectivity index is 0.891. The number of benzene rings is 4. The van der Waals surface area contributed by atoms with Crippen LogP contribution in [-0.4, -0.2) is 87.6 Å². The van der Waals surface area contributed by atoms with E-state index in [9.17, 15) is 19.1 Å². The molecule has 13 nitrogen and oxygen atoms in total. The Morgan fingerprint density at radius 2 is 1.52 bits per heavy atom. The van der Waals surface area contributed by atoms with Gasteiger partial charge in [-0.3, -0.25) is 9.69 Å². The zero-order valence-corrected chi connectivity index (χ0v) is 35.3. The molecule has 0 aliphatic carbocycles. The number of unbranched alkanes of at least 4 members (excludes halogenated alkanes) is 3. The fourth-order valence-corrected chi connectivity index (χ4v) is 8.92. The average Bonchev–Trinajstić information content (AvgIpc) is 3.98. The summed E-state index contributed by atoms with van der Waals surface area (Å²) in [4.78, 5) is 38.2. The van der Waals surface area contributed by atoms with Gasteiger partial charge in [0.05, 0.1) is 12.2 Å². The molecule has 0 spiro atoms. The molecule has 15 heteroatoms. The lowest BCUT2D eigenvalue weighted by molar-refractivity contribution is -0.150. The van der Waals surface area contributed by atoms with Gasteiger partial charge in [0.25, 0.3) is 5.91 Å². The van der Waals surface area contributed by atoms with Crippen molar-refractivity contribution in [2.45, 2.75) is 89.2 Å². The summed E-state index contributed by atoms with van der Waals surface area (Å²) in [6.07, 6.45) is 4.98. The fraction of sp³-hybridized carbons (Fsp3) is 0.404. The van der Waals surface area contributed by atoms with Crippen molar-refractivity contribution in [3.8, 4) is 5.75 Å². The molecule has 0 bridgehead atoms. The fourth-order valence-electron chi connectivity index (χ4n) is 8.92. The zero-order chi connectivity index (χ0) is 43.4. The van der Waals surface area contributed by atoms with Crippen LogP contribution in [0.2, 0.25) is 0 Å². The molecule has 4 heterocycles. The highest BCUT2D eigenvalue weighted by atomic mass is 19.1. The van der Waals surface area contributed by atoms with E-state index >= 15 is 4.39 Å². The Morgan fingerprint density at radius 1 is 0.855 bits per heavy atom. The minimum atomic E-state index is -1.86. The Kier molecular flexibility index (Phi) is 12.6. The first-order valence-electron chi connectivity index (χ1n) is 21.4. The van der Waals surface area contributed by atoms with E-state index in [1.807, 2.05) is 80.6 Å². The number of nitrogens with zero attached hydrogens (tertiary/aromatic N) is 7. The standard InChI is InChI=1S/C47H53F2N7O6/c1-4-5-6-10-23-47(59)44(57)55(45(58)56(47)33(2)3)38-16-14-36(15-17-38)52-24-26-53(27-25-52)37-18-20-39(21-19-37)60-29-42-61-43(34-11-8-7-9-12-34)46(62-42,30-54-32-50-31-51-54)40-22-13-35(48)28-41(40)49/h7-9,11-22,28,31-33,42-43,59H,4-6,10,23-27,29-30H2,1-3H3/t42-,43?,46-,47?/m0/s1. The summed E-state index contributed by atoms with van der Waals surface area (Å²) in [5, 5.41) is 15.8. The van der Waals surface area contributed by atoms with Gasteiger partial charge in [-0.05, 0) is 80.4 Å². The number of piperazine rings is 1. The molecule has 62 heavy (non-hydrogen) atoms. The Labute approximate surface area is 360 Å². The lowest BCUT2D eigenvalue weighted by Crippen LogP contribution is -2.52. The van der Waals surface area contributed by atoms with E-state index in [1.54, 1.807) is 16.8 Å². The molecular formula is C47H53F2N7O6. The van der Waals surface area contributed by atoms with Crippen LogP contribution in [0.3, 0.4) is 0 Å². The third kappa shape index (κ3) is 8.48. The zero-order valence-electron chi connectivity index (χ0n) is 35.3. The molecule has 3 saturated heterocycles. The topological polar surface area (TPSA) is 126 Å². The molecule has 8 rings (SSSR count). The van der Waals surface area contributed by atoms with Crippen LogP contribution < -0.4 is 19.4 Å². The number of carbonyl (C=O) groups excluding carboxylic acids is 2. The summed E-state index contributed by atoms with van der Waals surface area (Å²) in [5.74, 6) is -1.47. The molecule has 5 aromatic rings. The normalized spacial score (nSPS) is 23.0. The molecule has 4 aromatic carbocycles. The number of aliphatic hydroxyl groups is 1. The van der Waals surface area contributed by atoms with Crippen molar-refractivity contribution in [1.82, 2.24) is 19.7 Å². The third-order valence-electron chi connectivity index (χ3n) is 12.0. The van der Waals surface area contributed by atoms with Gasteiger partial charge in [-0.15, -0.1) is 0 Å². The van der Waals surface area contributed by atoms with Gasteiger partial charge >= 0.3 is 6.03 Å². The van der Waals surface area contributed by atoms with Gasteiger partial charge in [-0.1, -0.05) is 62.6 Å². The van der Waals surface area contributed by atoms with E-state index in [-0.39, 0.29) is 31.2 Å². The van der Waals surface area contributed by atoms with Crippen molar-refractivity contribution in [2.75, 3.05) is 47.5 Å². The molecule has 4 atom stereocenters. The summed E-state index contributed by atoms with van der Waals surface area (Å²) in [7, 11) is 0. The van der Waals surface area contributed by atoms with Crippen LogP contribution in [0, 0.1) is 11.6 Å². The first-order chi connectivity index (χ1) is 30.0. The summed E-state index contributed by atoms with van der Waals surface area (Å²) in [6.45, 7) is 8.80. The second kappa shape index (κ2) is 18.2. The lowest BCUT2D eigenvalue weighted by atomic mass is 9.84. The maximum absolute atomic E-state index is 15.6. The predicted molar refractivity (Wildman–Crippen MR) is 230 cm³/mol. The molecule has 0 saturated carbocycles. The summed E-state index contributed by atoms with van der Waals surface area (Å²) >= 11 is 0. The second-order valence-electron chi connectivity index (χ2n) is 16.4. The number of halogens is 2. The number of rotatable bonds is 16. The predicted octanol–water partition coefficient (Wildman–Crippen LogP) is 7.81. The smallest absolute Gasteiger partial charge is 0.334 e. The van der Waals surface area contributed by atoms with Crippen molar-refractivity contribution in [3.63, 3.8) is 0 Å². The number of aromatic nitrogens is 3. The molecule has 3 amide bonds. The minimum Gasteiger partial charge on any atom is -0.488 e. The van der Waals surface area contributed by atoms with Gasteiger partial charge in [-0.2, -0.15) is 5.10 Å². The quantitative estimate of drug-likeness (QED) is 0.0777. The summed E-state index contributed by atoms with van der Waals surface area (Å²) < 4.78 is 50.6. The monoisotopic (exact) mass is 849 g/mol. The highest BCUT2D eigenvalue weighted by Crippen LogP contribution is 2.50. The van der Waals surface area contributed by atoms with E-state index in [1.165, 1.54) is 29.7 Å². The minimum absolute atomic E-state index is 0.00194. The number of anilines is 3. The Morgan fingerprint density at radius 3 is 2.13 bits per heavy atom. The van der Waals surface area contributed by atoms with E-state index in [4.69, 9.17) is 14.2 Å². The van der Waals surface area contributed by atoms with Crippen LogP contribution in [0.1, 0.15) is 70.1 Å². The molecule has 1 N–H and O–H groups in total.